The molecule has 0 saturated carbocycles. The second-order valence-electron chi connectivity index (χ2n) is 7.15. The highest BCUT2D eigenvalue weighted by Crippen LogP contribution is 2.49. The number of amides is 1. The Kier molecular flexibility index (Phi) is 3.78. The lowest BCUT2D eigenvalue weighted by Crippen LogP contribution is -2.58. The average Bonchev–Trinajstić information content (AvgIpc) is 2.50. The number of β-lactam (4-membered cyclic amide) rings is 1. The fraction of sp³-hybridized carbons (Fsp3) is 0.350. The van der Waals surface area contributed by atoms with E-state index in [0.29, 0.717) is 6.54 Å². The van der Waals surface area contributed by atoms with Crippen LogP contribution in [0.1, 0.15) is 37.9 Å². The molecule has 2 aromatic carbocycles. The molecule has 0 N–H and O–H groups in total. The molecule has 3 rings (SSSR count). The van der Waals surface area contributed by atoms with Crippen LogP contribution in [0.15, 0.2) is 60.7 Å². The zero-order valence-corrected chi connectivity index (χ0v) is 13.5. The van der Waals surface area contributed by atoms with Crippen LogP contribution in [-0.2, 0) is 11.3 Å². The van der Waals surface area contributed by atoms with Crippen LogP contribution in [0.3, 0.4) is 0 Å². The fourth-order valence-corrected chi connectivity index (χ4v) is 3.37. The molecule has 0 aromatic heterocycles. The smallest absolute Gasteiger partial charge is 0.229 e. The number of carbonyl (C=O) groups is 1. The molecular formula is C20H23NO. The molecule has 2 heteroatoms. The third-order valence-electron chi connectivity index (χ3n) is 4.47. The molecular weight excluding hydrogens is 270 g/mol. The zero-order chi connectivity index (χ0) is 15.7. The highest BCUT2D eigenvalue weighted by atomic mass is 16.2. The summed E-state index contributed by atoms with van der Waals surface area (Å²) in [6.07, 6.45) is 0. The van der Waals surface area contributed by atoms with Crippen molar-refractivity contribution in [3.8, 4) is 0 Å². The average molecular weight is 293 g/mol. The Hall–Kier alpha value is -2.09. The number of benzene rings is 2. The lowest BCUT2D eigenvalue weighted by molar-refractivity contribution is -0.166. The maximum atomic E-state index is 12.7. The minimum absolute atomic E-state index is 0.0230. The second-order valence-corrected chi connectivity index (χ2v) is 7.15. The minimum Gasteiger partial charge on any atom is -0.330 e. The van der Waals surface area contributed by atoms with E-state index in [4.69, 9.17) is 0 Å². The van der Waals surface area contributed by atoms with Crippen molar-refractivity contribution in [3.05, 3.63) is 71.8 Å². The largest absolute Gasteiger partial charge is 0.330 e. The Labute approximate surface area is 132 Å². The van der Waals surface area contributed by atoms with Crippen LogP contribution in [-0.4, -0.2) is 10.8 Å². The van der Waals surface area contributed by atoms with Crippen molar-refractivity contribution in [2.75, 3.05) is 0 Å². The molecule has 0 aliphatic carbocycles. The summed E-state index contributed by atoms with van der Waals surface area (Å²) >= 11 is 0. The van der Waals surface area contributed by atoms with Gasteiger partial charge in [0.2, 0.25) is 5.91 Å². The van der Waals surface area contributed by atoms with Gasteiger partial charge in [-0.05, 0) is 16.5 Å². The summed E-state index contributed by atoms with van der Waals surface area (Å²) in [5.74, 6) is 0.323. The molecule has 1 saturated heterocycles. The number of rotatable bonds is 3. The van der Waals surface area contributed by atoms with Gasteiger partial charge in [0.15, 0.2) is 0 Å². The van der Waals surface area contributed by atoms with Gasteiger partial charge in [-0.2, -0.15) is 0 Å². The van der Waals surface area contributed by atoms with Crippen LogP contribution in [0.4, 0.5) is 0 Å². The summed E-state index contributed by atoms with van der Waals surface area (Å²) in [4.78, 5) is 14.7. The van der Waals surface area contributed by atoms with Crippen molar-refractivity contribution in [2.24, 2.45) is 11.3 Å². The van der Waals surface area contributed by atoms with Crippen molar-refractivity contribution in [2.45, 2.75) is 33.4 Å². The van der Waals surface area contributed by atoms with Crippen LogP contribution < -0.4 is 0 Å². The summed E-state index contributed by atoms with van der Waals surface area (Å²) in [5.41, 5.74) is 2.40. The quantitative estimate of drug-likeness (QED) is 0.766. The topological polar surface area (TPSA) is 20.3 Å². The molecule has 1 amide bonds. The molecule has 114 valence electrons. The predicted octanol–water partition coefficient (Wildman–Crippen LogP) is 4.43. The first-order valence-corrected chi connectivity index (χ1v) is 7.88. The van der Waals surface area contributed by atoms with Gasteiger partial charge in [-0.15, -0.1) is 0 Å². The SMILES string of the molecule is CC(C)(C)[C@H]1C(=O)N(Cc2ccccc2)[C@@H]1c1ccccc1. The van der Waals surface area contributed by atoms with E-state index in [1.54, 1.807) is 0 Å². The Morgan fingerprint density at radius 3 is 2.00 bits per heavy atom. The van der Waals surface area contributed by atoms with E-state index in [-0.39, 0.29) is 23.3 Å². The lowest BCUT2D eigenvalue weighted by atomic mass is 9.67. The minimum atomic E-state index is -0.0230. The van der Waals surface area contributed by atoms with Crippen LogP contribution >= 0.6 is 0 Å². The maximum Gasteiger partial charge on any atom is 0.229 e. The van der Waals surface area contributed by atoms with E-state index in [9.17, 15) is 4.79 Å². The van der Waals surface area contributed by atoms with Crippen LogP contribution in [0.25, 0.3) is 0 Å². The van der Waals surface area contributed by atoms with Gasteiger partial charge in [0, 0.05) is 6.54 Å². The number of carbonyl (C=O) groups excluding carboxylic acids is 1. The van der Waals surface area contributed by atoms with Crippen LogP contribution in [0.2, 0.25) is 0 Å². The van der Waals surface area contributed by atoms with Gasteiger partial charge >= 0.3 is 0 Å². The summed E-state index contributed by atoms with van der Waals surface area (Å²) in [7, 11) is 0. The van der Waals surface area contributed by atoms with Gasteiger partial charge in [-0.25, -0.2) is 0 Å². The van der Waals surface area contributed by atoms with Crippen molar-refractivity contribution in [3.63, 3.8) is 0 Å². The molecule has 1 aliphatic heterocycles. The van der Waals surface area contributed by atoms with Gasteiger partial charge in [0.25, 0.3) is 0 Å². The summed E-state index contributed by atoms with van der Waals surface area (Å²) in [5, 5.41) is 0. The molecule has 1 heterocycles. The van der Waals surface area contributed by atoms with Gasteiger partial charge < -0.3 is 4.90 Å². The summed E-state index contributed by atoms with van der Waals surface area (Å²) in [6, 6.07) is 20.8. The highest BCUT2D eigenvalue weighted by Gasteiger charge is 2.52. The zero-order valence-electron chi connectivity index (χ0n) is 13.5. The number of hydrogen-bond acceptors (Lipinski definition) is 1. The lowest BCUT2D eigenvalue weighted by Gasteiger charge is -2.52. The Balaban J connectivity index is 1.90. The molecule has 2 aromatic rings. The first kappa shape index (κ1) is 14.8. The van der Waals surface area contributed by atoms with E-state index in [1.165, 1.54) is 11.1 Å². The normalized spacial score (nSPS) is 21.6. The highest BCUT2D eigenvalue weighted by molar-refractivity contribution is 5.87. The molecule has 2 nitrogen and oxygen atoms in total. The Morgan fingerprint density at radius 2 is 1.45 bits per heavy atom. The molecule has 0 unspecified atom stereocenters. The number of nitrogens with zero attached hydrogens (tertiary/aromatic N) is 1. The van der Waals surface area contributed by atoms with E-state index in [1.807, 2.05) is 29.2 Å². The number of hydrogen-bond donors (Lipinski definition) is 0. The first-order valence-electron chi connectivity index (χ1n) is 7.88. The van der Waals surface area contributed by atoms with E-state index in [2.05, 4.69) is 57.2 Å². The van der Waals surface area contributed by atoms with E-state index in [0.717, 1.165) is 0 Å². The van der Waals surface area contributed by atoms with Gasteiger partial charge in [0.1, 0.15) is 0 Å². The second kappa shape index (κ2) is 5.60. The molecule has 22 heavy (non-hydrogen) atoms. The molecule has 1 fully saturated rings. The van der Waals surface area contributed by atoms with E-state index >= 15 is 0 Å². The fourth-order valence-electron chi connectivity index (χ4n) is 3.37. The molecule has 2 atom stereocenters. The third-order valence-corrected chi connectivity index (χ3v) is 4.47. The van der Waals surface area contributed by atoms with Crippen molar-refractivity contribution >= 4 is 5.91 Å². The van der Waals surface area contributed by atoms with E-state index < -0.39 is 0 Å². The molecule has 1 aliphatic rings. The molecule has 0 spiro atoms. The molecule has 0 bridgehead atoms. The Morgan fingerprint density at radius 1 is 0.909 bits per heavy atom. The van der Waals surface area contributed by atoms with Crippen molar-refractivity contribution in [1.29, 1.82) is 0 Å². The first-order chi connectivity index (χ1) is 10.5. The monoisotopic (exact) mass is 293 g/mol. The van der Waals surface area contributed by atoms with Crippen LogP contribution in [0, 0.1) is 11.3 Å². The van der Waals surface area contributed by atoms with Crippen molar-refractivity contribution < 1.29 is 4.79 Å². The standard InChI is InChI=1S/C20H23NO/c1-20(2,3)17-18(16-12-8-5-9-13-16)21(19(17)22)14-15-10-6-4-7-11-15/h4-13,17-18H,14H2,1-3H3/t17-,18-/m1/s1. The molecule has 0 radical (unpaired) electrons. The van der Waals surface area contributed by atoms with Gasteiger partial charge in [0.05, 0.1) is 12.0 Å². The maximum absolute atomic E-state index is 12.7. The summed E-state index contributed by atoms with van der Waals surface area (Å²) in [6.45, 7) is 7.16. The van der Waals surface area contributed by atoms with Crippen molar-refractivity contribution in [1.82, 2.24) is 4.90 Å². The van der Waals surface area contributed by atoms with Crippen LogP contribution in [0.5, 0.6) is 0 Å². The number of likely N-dealkylation sites (tertiary alicyclic amines) is 1. The van der Waals surface area contributed by atoms with Gasteiger partial charge in [-0.3, -0.25) is 4.79 Å². The predicted molar refractivity (Wildman–Crippen MR) is 89.1 cm³/mol. The summed E-state index contributed by atoms with van der Waals surface area (Å²) < 4.78 is 0. The third kappa shape index (κ3) is 2.66. The Bertz CT molecular complexity index is 642. The van der Waals surface area contributed by atoms with Gasteiger partial charge in [-0.1, -0.05) is 81.4 Å².